The van der Waals surface area contributed by atoms with Gasteiger partial charge in [0.05, 0.1) is 35.5 Å². The van der Waals surface area contributed by atoms with Crippen LogP contribution in [-0.2, 0) is 9.59 Å². The van der Waals surface area contributed by atoms with Gasteiger partial charge < -0.3 is 14.6 Å². The lowest BCUT2D eigenvalue weighted by Crippen LogP contribution is -2.29. The number of fused-ring (bicyclic) bond motifs is 1. The first-order valence-corrected chi connectivity index (χ1v) is 12.3. The standard InChI is InChI=1S/C27H21ClN2O5S/c1-3-35-19-6-4-5-16(13-19)23-22(24(31)15-7-9-17(28)10-8-15)25(32)26(33)30(23)27-29-20-12-11-18(34-2)14-21(20)36-27/h4-14,23,31H,3H2,1-2H3. The molecule has 1 aliphatic heterocycles. The molecule has 4 aromatic rings. The second kappa shape index (κ2) is 9.64. The Kier molecular flexibility index (Phi) is 6.38. The summed E-state index contributed by atoms with van der Waals surface area (Å²) in [4.78, 5) is 32.8. The smallest absolute Gasteiger partial charge is 0.301 e. The van der Waals surface area contributed by atoms with Gasteiger partial charge in [0.15, 0.2) is 5.13 Å². The Bertz CT molecular complexity index is 1510. The van der Waals surface area contributed by atoms with Crippen LogP contribution in [0.3, 0.4) is 0 Å². The van der Waals surface area contributed by atoms with Gasteiger partial charge in [-0.05, 0) is 67.1 Å². The number of Topliss-reactive ketones (excluding diaryl/α,β-unsaturated/α-hetero) is 1. The summed E-state index contributed by atoms with van der Waals surface area (Å²) in [5, 5.41) is 12.1. The van der Waals surface area contributed by atoms with E-state index in [2.05, 4.69) is 4.98 Å². The van der Waals surface area contributed by atoms with E-state index < -0.39 is 17.7 Å². The Balaban J connectivity index is 1.71. The summed E-state index contributed by atoms with van der Waals surface area (Å²) in [5.74, 6) is -0.624. The predicted molar refractivity (Wildman–Crippen MR) is 140 cm³/mol. The fourth-order valence-corrected chi connectivity index (χ4v) is 5.32. The maximum Gasteiger partial charge on any atom is 0.301 e. The van der Waals surface area contributed by atoms with E-state index in [4.69, 9.17) is 21.1 Å². The third-order valence-corrected chi connectivity index (χ3v) is 7.11. The number of anilines is 1. The van der Waals surface area contributed by atoms with E-state index >= 15 is 0 Å². The van der Waals surface area contributed by atoms with Gasteiger partial charge in [0.1, 0.15) is 17.3 Å². The van der Waals surface area contributed by atoms with Gasteiger partial charge in [-0.25, -0.2) is 4.98 Å². The van der Waals surface area contributed by atoms with E-state index in [1.165, 1.54) is 16.2 Å². The number of methoxy groups -OCH3 is 1. The molecule has 0 saturated carbocycles. The molecule has 0 spiro atoms. The van der Waals surface area contributed by atoms with Gasteiger partial charge in [-0.3, -0.25) is 14.5 Å². The first-order valence-electron chi connectivity index (χ1n) is 11.2. The van der Waals surface area contributed by atoms with Crippen molar-refractivity contribution in [2.75, 3.05) is 18.6 Å². The molecule has 1 aliphatic rings. The number of aliphatic hydroxyl groups is 1. The SMILES string of the molecule is CCOc1cccc(C2C(=C(O)c3ccc(Cl)cc3)C(=O)C(=O)N2c2nc3ccc(OC)cc3s2)c1. The van der Waals surface area contributed by atoms with Crippen molar-refractivity contribution in [2.24, 2.45) is 0 Å². The fourth-order valence-electron chi connectivity index (χ4n) is 4.17. The normalized spacial score (nSPS) is 17.1. The Labute approximate surface area is 216 Å². The topological polar surface area (TPSA) is 89.0 Å². The quantitative estimate of drug-likeness (QED) is 0.191. The number of benzene rings is 3. The molecule has 1 aromatic heterocycles. The molecule has 7 nitrogen and oxygen atoms in total. The maximum atomic E-state index is 13.4. The molecule has 3 aromatic carbocycles. The van der Waals surface area contributed by atoms with Gasteiger partial charge in [0, 0.05) is 10.6 Å². The van der Waals surface area contributed by atoms with Crippen molar-refractivity contribution in [2.45, 2.75) is 13.0 Å². The zero-order valence-electron chi connectivity index (χ0n) is 19.4. The minimum Gasteiger partial charge on any atom is -0.507 e. The van der Waals surface area contributed by atoms with E-state index in [1.807, 2.05) is 13.0 Å². The lowest BCUT2D eigenvalue weighted by Gasteiger charge is -2.23. The number of halogens is 1. The third-order valence-electron chi connectivity index (χ3n) is 5.84. The van der Waals surface area contributed by atoms with Crippen LogP contribution in [0, 0.1) is 0 Å². The number of carbonyl (C=O) groups is 2. The Morgan fingerprint density at radius 2 is 1.86 bits per heavy atom. The number of ether oxygens (including phenoxy) is 2. The van der Waals surface area contributed by atoms with Gasteiger partial charge >= 0.3 is 5.91 Å². The zero-order valence-corrected chi connectivity index (χ0v) is 21.0. The molecular weight excluding hydrogens is 500 g/mol. The van der Waals surface area contributed by atoms with E-state index in [0.717, 1.165) is 4.70 Å². The van der Waals surface area contributed by atoms with Gasteiger partial charge in [-0.2, -0.15) is 0 Å². The summed E-state index contributed by atoms with van der Waals surface area (Å²) in [5.41, 5.74) is 1.61. The summed E-state index contributed by atoms with van der Waals surface area (Å²) in [6.07, 6.45) is 0. The molecule has 1 amide bonds. The molecule has 2 heterocycles. The monoisotopic (exact) mass is 520 g/mol. The molecule has 182 valence electrons. The van der Waals surface area contributed by atoms with Crippen molar-refractivity contribution in [1.82, 2.24) is 4.98 Å². The maximum absolute atomic E-state index is 13.4. The highest BCUT2D eigenvalue weighted by molar-refractivity contribution is 7.22. The van der Waals surface area contributed by atoms with Crippen LogP contribution < -0.4 is 14.4 Å². The van der Waals surface area contributed by atoms with Crippen LogP contribution in [0.2, 0.25) is 5.02 Å². The predicted octanol–water partition coefficient (Wildman–Crippen LogP) is 5.98. The van der Waals surface area contributed by atoms with E-state index in [0.29, 0.717) is 44.9 Å². The highest BCUT2D eigenvalue weighted by Crippen LogP contribution is 2.45. The van der Waals surface area contributed by atoms with Crippen LogP contribution in [-0.4, -0.2) is 35.5 Å². The molecular formula is C27H21ClN2O5S. The van der Waals surface area contributed by atoms with Crippen molar-refractivity contribution in [3.05, 3.63) is 88.5 Å². The van der Waals surface area contributed by atoms with Gasteiger partial charge in [0.2, 0.25) is 0 Å². The molecule has 0 bridgehead atoms. The molecule has 1 unspecified atom stereocenters. The number of hydrogen-bond donors (Lipinski definition) is 1. The molecule has 0 radical (unpaired) electrons. The second-order valence-corrected chi connectivity index (χ2v) is 9.46. The molecule has 1 N–H and O–H groups in total. The zero-order chi connectivity index (χ0) is 25.4. The molecule has 0 aliphatic carbocycles. The second-order valence-electron chi connectivity index (χ2n) is 8.01. The number of amides is 1. The van der Waals surface area contributed by atoms with Crippen LogP contribution in [0.5, 0.6) is 11.5 Å². The van der Waals surface area contributed by atoms with Crippen molar-refractivity contribution in [1.29, 1.82) is 0 Å². The van der Waals surface area contributed by atoms with Crippen molar-refractivity contribution in [3.63, 3.8) is 0 Å². The van der Waals surface area contributed by atoms with Crippen LogP contribution >= 0.6 is 22.9 Å². The van der Waals surface area contributed by atoms with Crippen LogP contribution in [0.15, 0.2) is 72.3 Å². The Morgan fingerprint density at radius 3 is 2.58 bits per heavy atom. The summed E-state index contributed by atoms with van der Waals surface area (Å²) >= 11 is 7.27. The highest BCUT2D eigenvalue weighted by Gasteiger charge is 2.48. The van der Waals surface area contributed by atoms with Crippen molar-refractivity contribution >= 4 is 55.7 Å². The molecule has 1 fully saturated rings. The van der Waals surface area contributed by atoms with Gasteiger partial charge in [-0.1, -0.05) is 35.1 Å². The Hall–Kier alpha value is -3.88. The third kappa shape index (κ3) is 4.19. The van der Waals surface area contributed by atoms with Crippen LogP contribution in [0.25, 0.3) is 16.0 Å². The first kappa shape index (κ1) is 23.8. The van der Waals surface area contributed by atoms with E-state index in [9.17, 15) is 14.7 Å². The number of ketones is 1. The van der Waals surface area contributed by atoms with Crippen LogP contribution in [0.1, 0.15) is 24.1 Å². The summed E-state index contributed by atoms with van der Waals surface area (Å²) in [6, 6.07) is 18.0. The number of aliphatic hydroxyl groups excluding tert-OH is 1. The van der Waals surface area contributed by atoms with Gasteiger partial charge in [-0.15, -0.1) is 0 Å². The number of rotatable bonds is 6. The number of hydrogen-bond acceptors (Lipinski definition) is 7. The fraction of sp³-hybridized carbons (Fsp3) is 0.148. The Morgan fingerprint density at radius 1 is 1.08 bits per heavy atom. The largest absolute Gasteiger partial charge is 0.507 e. The lowest BCUT2D eigenvalue weighted by atomic mass is 9.95. The molecule has 9 heteroatoms. The average molecular weight is 521 g/mol. The van der Waals surface area contributed by atoms with Gasteiger partial charge in [0.25, 0.3) is 5.78 Å². The van der Waals surface area contributed by atoms with Crippen LogP contribution in [0.4, 0.5) is 5.13 Å². The van der Waals surface area contributed by atoms with E-state index in [-0.39, 0.29) is 11.3 Å². The summed E-state index contributed by atoms with van der Waals surface area (Å²) < 4.78 is 11.8. The summed E-state index contributed by atoms with van der Waals surface area (Å²) in [7, 11) is 1.57. The van der Waals surface area contributed by atoms with Crippen molar-refractivity contribution < 1.29 is 24.2 Å². The molecule has 1 saturated heterocycles. The average Bonchev–Trinajstić information content (AvgIpc) is 3.42. The number of aromatic nitrogens is 1. The minimum atomic E-state index is -0.913. The summed E-state index contributed by atoms with van der Waals surface area (Å²) in [6.45, 7) is 2.32. The van der Waals surface area contributed by atoms with Crippen molar-refractivity contribution in [3.8, 4) is 11.5 Å². The highest BCUT2D eigenvalue weighted by atomic mass is 35.5. The number of thiazole rings is 1. The molecule has 36 heavy (non-hydrogen) atoms. The molecule has 1 atom stereocenters. The van der Waals surface area contributed by atoms with E-state index in [1.54, 1.807) is 67.8 Å². The lowest BCUT2D eigenvalue weighted by molar-refractivity contribution is -0.132. The minimum absolute atomic E-state index is 0.0344. The number of carbonyl (C=O) groups excluding carboxylic acids is 2. The molecule has 5 rings (SSSR count). The first-order chi connectivity index (χ1) is 17.4. The number of nitrogens with zero attached hydrogens (tertiary/aromatic N) is 2.